The van der Waals surface area contributed by atoms with Gasteiger partial charge in [0.2, 0.25) is 5.91 Å². The fourth-order valence-corrected chi connectivity index (χ4v) is 3.25. The molecule has 1 fully saturated rings. The number of halogens is 3. The van der Waals surface area contributed by atoms with Crippen LogP contribution in [-0.2, 0) is 11.3 Å². The number of benzene rings is 1. The Kier molecular flexibility index (Phi) is 12.3. The van der Waals surface area contributed by atoms with Crippen molar-refractivity contribution in [3.8, 4) is 0 Å². The number of carbonyl (C=O) groups is 1. The minimum Gasteiger partial charge on any atom is -0.340 e. The minimum atomic E-state index is -0.264. The number of hydrogen-bond acceptors (Lipinski definition) is 4. The topological polar surface area (TPSA) is 62.5 Å². The molecular formula is C20H29Cl3N4O. The number of hydrogen-bond donors (Lipinski definition) is 1. The summed E-state index contributed by atoms with van der Waals surface area (Å²) >= 11 is 0. The first kappa shape index (κ1) is 26.6. The number of piperazine rings is 1. The number of nitrogens with zero attached hydrogens (tertiary/aromatic N) is 3. The van der Waals surface area contributed by atoms with Gasteiger partial charge in [-0.2, -0.15) is 0 Å². The van der Waals surface area contributed by atoms with Crippen molar-refractivity contribution in [2.45, 2.75) is 19.5 Å². The fraction of sp³-hybridized carbons (Fsp3) is 0.400. The largest absolute Gasteiger partial charge is 0.340 e. The monoisotopic (exact) mass is 446 g/mol. The van der Waals surface area contributed by atoms with Crippen molar-refractivity contribution in [2.75, 3.05) is 26.2 Å². The van der Waals surface area contributed by atoms with E-state index in [1.807, 2.05) is 66.6 Å². The molecule has 2 aromatic rings. The summed E-state index contributed by atoms with van der Waals surface area (Å²) in [5, 5.41) is 0. The van der Waals surface area contributed by atoms with Crippen LogP contribution in [-0.4, -0.2) is 46.9 Å². The summed E-state index contributed by atoms with van der Waals surface area (Å²) in [4.78, 5) is 21.5. The maximum Gasteiger partial charge on any atom is 0.227 e. The van der Waals surface area contributed by atoms with E-state index in [1.165, 1.54) is 0 Å². The van der Waals surface area contributed by atoms with E-state index in [2.05, 4.69) is 9.88 Å². The summed E-state index contributed by atoms with van der Waals surface area (Å²) in [6.45, 7) is 6.00. The molecule has 0 radical (unpaired) electrons. The second kappa shape index (κ2) is 13.0. The minimum absolute atomic E-state index is 0. The predicted octanol–water partition coefficient (Wildman–Crippen LogP) is 3.33. The van der Waals surface area contributed by atoms with Crippen LogP contribution in [0.3, 0.4) is 0 Å². The molecule has 156 valence electrons. The molecule has 2 unspecified atom stereocenters. The van der Waals surface area contributed by atoms with Gasteiger partial charge in [-0.15, -0.1) is 37.2 Å². The van der Waals surface area contributed by atoms with E-state index in [-0.39, 0.29) is 55.1 Å². The normalized spacial score (nSPS) is 16.0. The third-order valence-electron chi connectivity index (χ3n) is 4.91. The van der Waals surface area contributed by atoms with Gasteiger partial charge >= 0.3 is 0 Å². The highest BCUT2D eigenvalue weighted by molar-refractivity contribution is 5.86. The molecule has 0 spiro atoms. The van der Waals surface area contributed by atoms with Crippen LogP contribution in [0.25, 0.3) is 0 Å². The van der Waals surface area contributed by atoms with E-state index in [4.69, 9.17) is 5.73 Å². The Labute approximate surface area is 185 Å². The lowest BCUT2D eigenvalue weighted by Crippen LogP contribution is -2.50. The second-order valence-corrected chi connectivity index (χ2v) is 6.65. The predicted molar refractivity (Wildman–Crippen MR) is 120 cm³/mol. The summed E-state index contributed by atoms with van der Waals surface area (Å²) in [7, 11) is 0. The van der Waals surface area contributed by atoms with Gasteiger partial charge in [0, 0.05) is 45.0 Å². The Hall–Kier alpha value is -1.37. The van der Waals surface area contributed by atoms with Gasteiger partial charge in [-0.1, -0.05) is 43.3 Å². The smallest absolute Gasteiger partial charge is 0.227 e. The van der Waals surface area contributed by atoms with Gasteiger partial charge in [0.05, 0.1) is 11.6 Å². The molecule has 1 amide bonds. The molecule has 1 aromatic heterocycles. The molecule has 3 rings (SSSR count). The number of amides is 1. The average molecular weight is 448 g/mol. The first-order chi connectivity index (χ1) is 12.1. The first-order valence-corrected chi connectivity index (χ1v) is 8.86. The summed E-state index contributed by atoms with van der Waals surface area (Å²) in [5.74, 6) is -0.0708. The molecule has 1 saturated heterocycles. The highest BCUT2D eigenvalue weighted by Crippen LogP contribution is 2.21. The van der Waals surface area contributed by atoms with Crippen molar-refractivity contribution in [1.82, 2.24) is 14.8 Å². The molecule has 1 aromatic carbocycles. The van der Waals surface area contributed by atoms with Gasteiger partial charge in [0.25, 0.3) is 0 Å². The van der Waals surface area contributed by atoms with Gasteiger partial charge in [-0.25, -0.2) is 0 Å². The average Bonchev–Trinajstić information content (AvgIpc) is 2.68. The summed E-state index contributed by atoms with van der Waals surface area (Å²) < 4.78 is 0. The van der Waals surface area contributed by atoms with Crippen molar-refractivity contribution < 1.29 is 4.79 Å². The highest BCUT2D eigenvalue weighted by Gasteiger charge is 2.29. The van der Waals surface area contributed by atoms with E-state index < -0.39 is 0 Å². The third-order valence-corrected chi connectivity index (χ3v) is 4.91. The van der Waals surface area contributed by atoms with Crippen LogP contribution in [0.5, 0.6) is 0 Å². The zero-order valence-corrected chi connectivity index (χ0v) is 18.4. The van der Waals surface area contributed by atoms with Crippen LogP contribution in [0.2, 0.25) is 0 Å². The molecule has 2 atom stereocenters. The quantitative estimate of drug-likeness (QED) is 0.763. The Morgan fingerprint density at radius 3 is 2.18 bits per heavy atom. The van der Waals surface area contributed by atoms with Gasteiger partial charge in [-0.3, -0.25) is 14.7 Å². The maximum absolute atomic E-state index is 12.8. The van der Waals surface area contributed by atoms with Gasteiger partial charge < -0.3 is 10.6 Å². The van der Waals surface area contributed by atoms with Crippen molar-refractivity contribution in [3.63, 3.8) is 0 Å². The van der Waals surface area contributed by atoms with Crippen LogP contribution in [0.4, 0.5) is 0 Å². The van der Waals surface area contributed by atoms with E-state index in [9.17, 15) is 4.79 Å². The van der Waals surface area contributed by atoms with Crippen LogP contribution >= 0.6 is 37.2 Å². The Balaban J connectivity index is 0.00000243. The zero-order chi connectivity index (χ0) is 17.6. The molecule has 28 heavy (non-hydrogen) atoms. The van der Waals surface area contributed by atoms with Crippen molar-refractivity contribution in [2.24, 2.45) is 11.7 Å². The highest BCUT2D eigenvalue weighted by atomic mass is 35.5. The molecule has 1 aliphatic rings. The number of nitrogens with two attached hydrogens (primary N) is 1. The molecular weight excluding hydrogens is 419 g/mol. The summed E-state index contributed by atoms with van der Waals surface area (Å²) in [6, 6.07) is 15.6. The lowest BCUT2D eigenvalue weighted by Gasteiger charge is -2.36. The van der Waals surface area contributed by atoms with E-state index in [0.29, 0.717) is 0 Å². The van der Waals surface area contributed by atoms with E-state index in [1.54, 1.807) is 0 Å². The Morgan fingerprint density at radius 1 is 1.00 bits per heavy atom. The first-order valence-electron chi connectivity index (χ1n) is 8.86. The van der Waals surface area contributed by atoms with Crippen molar-refractivity contribution in [3.05, 3.63) is 66.0 Å². The molecule has 5 nitrogen and oxygen atoms in total. The fourth-order valence-electron chi connectivity index (χ4n) is 3.25. The molecule has 2 N–H and O–H groups in total. The van der Waals surface area contributed by atoms with Crippen LogP contribution in [0.1, 0.15) is 24.2 Å². The summed E-state index contributed by atoms with van der Waals surface area (Å²) in [5.41, 5.74) is 8.39. The number of pyridine rings is 1. The molecule has 0 saturated carbocycles. The van der Waals surface area contributed by atoms with E-state index in [0.717, 1.165) is 44.0 Å². The SMILES string of the molecule is CC(C(=O)N1CCN(Cc2ccccn2)CC1)C(N)c1ccccc1.Cl.Cl.Cl. The molecule has 1 aliphatic heterocycles. The number of rotatable bonds is 5. The Bertz CT molecular complexity index is 682. The van der Waals surface area contributed by atoms with Gasteiger partial charge in [0.1, 0.15) is 0 Å². The van der Waals surface area contributed by atoms with Crippen LogP contribution in [0.15, 0.2) is 54.7 Å². The van der Waals surface area contributed by atoms with Gasteiger partial charge in [0.15, 0.2) is 0 Å². The van der Waals surface area contributed by atoms with Crippen LogP contribution in [0, 0.1) is 5.92 Å². The lowest BCUT2D eigenvalue weighted by atomic mass is 9.94. The standard InChI is InChI=1S/C20H26N4O.3ClH/c1-16(19(21)17-7-3-2-4-8-17)20(25)24-13-11-23(12-14-24)15-18-9-5-6-10-22-18;;;/h2-10,16,19H,11-15,21H2,1H3;3*1H. The van der Waals surface area contributed by atoms with Crippen LogP contribution < -0.4 is 5.73 Å². The molecule has 2 heterocycles. The maximum atomic E-state index is 12.8. The number of aromatic nitrogens is 1. The van der Waals surface area contributed by atoms with Crippen molar-refractivity contribution >= 4 is 43.1 Å². The van der Waals surface area contributed by atoms with Crippen molar-refractivity contribution in [1.29, 1.82) is 0 Å². The lowest BCUT2D eigenvalue weighted by molar-refractivity contribution is -0.137. The van der Waals surface area contributed by atoms with Gasteiger partial charge in [-0.05, 0) is 17.7 Å². The zero-order valence-electron chi connectivity index (χ0n) is 15.9. The molecule has 8 heteroatoms. The molecule has 0 bridgehead atoms. The third kappa shape index (κ3) is 6.90. The van der Waals surface area contributed by atoms with E-state index >= 15 is 0 Å². The summed E-state index contributed by atoms with van der Waals surface area (Å²) in [6.07, 6.45) is 1.82. The number of carbonyl (C=O) groups excluding carboxylic acids is 1. The molecule has 0 aliphatic carbocycles. The second-order valence-electron chi connectivity index (χ2n) is 6.65. The Morgan fingerprint density at radius 2 is 1.61 bits per heavy atom.